The Morgan fingerprint density at radius 1 is 0.829 bits per heavy atom. The van der Waals surface area contributed by atoms with Gasteiger partial charge in [0.05, 0.1) is 6.10 Å². The van der Waals surface area contributed by atoms with E-state index in [1.54, 1.807) is 0 Å². The lowest BCUT2D eigenvalue weighted by Gasteiger charge is -2.43. The molecule has 0 heterocycles. The maximum Gasteiger partial charge on any atom is 0.261 e. The van der Waals surface area contributed by atoms with Gasteiger partial charge in [-0.05, 0) is 44.5 Å². The molecule has 0 aliphatic heterocycles. The summed E-state index contributed by atoms with van der Waals surface area (Å²) in [6.07, 6.45) is 0.771. The monoisotopic (exact) mass is 484 g/mol. The van der Waals surface area contributed by atoms with Gasteiger partial charge < -0.3 is 9.53 Å². The van der Waals surface area contributed by atoms with Crippen molar-refractivity contribution in [3.05, 3.63) is 121 Å². The third-order valence-electron chi connectivity index (χ3n) is 6.96. The molecule has 184 valence electrons. The summed E-state index contributed by atoms with van der Waals surface area (Å²) in [4.78, 5) is 0. The van der Waals surface area contributed by atoms with E-state index >= 15 is 0 Å². The summed E-state index contributed by atoms with van der Waals surface area (Å²) in [5.74, 6) is 0.212. The standard InChI is InChI=1S/C32H40O2Si/c1-25(27(3)26(2)24-31(33)28-16-10-7-11-17-28)22-23-34-35(32(4,5)6,29-18-12-8-13-19-29)30-20-14-9-15-21-30/h7-21,25,31,33H,2-3,22-24H2,1,4-6H3. The third-order valence-corrected chi connectivity index (χ3v) is 12.0. The van der Waals surface area contributed by atoms with Crippen molar-refractivity contribution in [3.8, 4) is 0 Å². The summed E-state index contributed by atoms with van der Waals surface area (Å²) in [6, 6.07) is 31.2. The average Bonchev–Trinajstić information content (AvgIpc) is 2.86. The zero-order chi connectivity index (χ0) is 25.5. The van der Waals surface area contributed by atoms with Crippen molar-refractivity contribution in [2.24, 2.45) is 5.92 Å². The maximum atomic E-state index is 10.6. The number of rotatable bonds is 11. The van der Waals surface area contributed by atoms with Gasteiger partial charge in [-0.3, -0.25) is 0 Å². The highest BCUT2D eigenvalue weighted by Gasteiger charge is 2.50. The highest BCUT2D eigenvalue weighted by molar-refractivity contribution is 6.99. The molecule has 3 aromatic carbocycles. The predicted octanol–water partition coefficient (Wildman–Crippen LogP) is 6.83. The zero-order valence-corrected chi connectivity index (χ0v) is 22.7. The van der Waals surface area contributed by atoms with Crippen LogP contribution in [0.4, 0.5) is 0 Å². The first-order chi connectivity index (χ1) is 16.7. The van der Waals surface area contributed by atoms with Crippen molar-refractivity contribution in [2.45, 2.75) is 51.7 Å². The smallest absolute Gasteiger partial charge is 0.261 e. The van der Waals surface area contributed by atoms with E-state index < -0.39 is 14.4 Å². The summed E-state index contributed by atoms with van der Waals surface area (Å²) in [5, 5.41) is 13.2. The molecule has 1 N–H and O–H groups in total. The lowest BCUT2D eigenvalue weighted by Crippen LogP contribution is -2.66. The number of aliphatic hydroxyl groups is 1. The Kier molecular flexibility index (Phi) is 9.07. The maximum absolute atomic E-state index is 10.6. The van der Waals surface area contributed by atoms with Crippen molar-refractivity contribution in [2.75, 3.05) is 6.61 Å². The van der Waals surface area contributed by atoms with Crippen LogP contribution in [0.3, 0.4) is 0 Å². The van der Waals surface area contributed by atoms with Crippen LogP contribution in [-0.2, 0) is 4.43 Å². The Morgan fingerprint density at radius 3 is 1.74 bits per heavy atom. The largest absolute Gasteiger partial charge is 0.407 e. The second kappa shape index (κ2) is 11.8. The van der Waals surface area contributed by atoms with Crippen LogP contribution in [0.2, 0.25) is 5.04 Å². The fourth-order valence-corrected chi connectivity index (χ4v) is 9.41. The molecule has 2 unspecified atom stereocenters. The van der Waals surface area contributed by atoms with Crippen LogP contribution < -0.4 is 10.4 Å². The van der Waals surface area contributed by atoms with Gasteiger partial charge in [-0.2, -0.15) is 0 Å². The normalized spacial score (nSPS) is 13.7. The van der Waals surface area contributed by atoms with E-state index in [1.807, 2.05) is 30.3 Å². The Hall–Kier alpha value is -2.72. The second-order valence-electron chi connectivity index (χ2n) is 10.5. The van der Waals surface area contributed by atoms with Gasteiger partial charge in [0, 0.05) is 13.0 Å². The van der Waals surface area contributed by atoms with Gasteiger partial charge in [-0.15, -0.1) is 0 Å². The van der Waals surface area contributed by atoms with E-state index in [4.69, 9.17) is 4.43 Å². The van der Waals surface area contributed by atoms with Crippen molar-refractivity contribution in [3.63, 3.8) is 0 Å². The number of hydrogen-bond acceptors (Lipinski definition) is 2. The number of allylic oxidation sites excluding steroid dienone is 1. The molecular formula is C32H40O2Si. The van der Waals surface area contributed by atoms with E-state index in [-0.39, 0.29) is 11.0 Å². The fraction of sp³-hybridized carbons (Fsp3) is 0.312. The molecule has 0 radical (unpaired) electrons. The Bertz CT molecular complexity index is 1050. The van der Waals surface area contributed by atoms with E-state index in [0.29, 0.717) is 13.0 Å². The molecule has 0 saturated carbocycles. The summed E-state index contributed by atoms with van der Waals surface area (Å²) >= 11 is 0. The minimum atomic E-state index is -2.54. The minimum Gasteiger partial charge on any atom is -0.407 e. The predicted molar refractivity (Wildman–Crippen MR) is 152 cm³/mol. The molecular weight excluding hydrogens is 444 g/mol. The first-order valence-electron chi connectivity index (χ1n) is 12.5. The lowest BCUT2D eigenvalue weighted by molar-refractivity contribution is 0.178. The summed E-state index contributed by atoms with van der Waals surface area (Å²) < 4.78 is 7.04. The average molecular weight is 485 g/mol. The summed E-state index contributed by atoms with van der Waals surface area (Å²) in [6.45, 7) is 18.3. The van der Waals surface area contributed by atoms with Crippen molar-refractivity contribution < 1.29 is 9.53 Å². The van der Waals surface area contributed by atoms with E-state index in [9.17, 15) is 5.11 Å². The Balaban J connectivity index is 1.73. The van der Waals surface area contributed by atoms with Gasteiger partial charge in [0.25, 0.3) is 8.32 Å². The van der Waals surface area contributed by atoms with Crippen LogP contribution >= 0.6 is 0 Å². The van der Waals surface area contributed by atoms with Crippen LogP contribution in [0.5, 0.6) is 0 Å². The molecule has 3 heteroatoms. The molecule has 0 bridgehead atoms. The molecule has 0 aromatic heterocycles. The van der Waals surface area contributed by atoms with Crippen LogP contribution in [0.1, 0.15) is 52.2 Å². The van der Waals surface area contributed by atoms with Crippen LogP contribution in [-0.4, -0.2) is 20.0 Å². The minimum absolute atomic E-state index is 0.0423. The van der Waals surface area contributed by atoms with Crippen molar-refractivity contribution >= 4 is 18.7 Å². The van der Waals surface area contributed by atoms with Gasteiger partial charge in [0.2, 0.25) is 0 Å². The molecule has 35 heavy (non-hydrogen) atoms. The first-order valence-corrected chi connectivity index (χ1v) is 14.4. The van der Waals surface area contributed by atoms with E-state index in [2.05, 4.69) is 102 Å². The SMILES string of the molecule is C=C(CC(O)c1ccccc1)C(=C)C(C)CCO[Si](c1ccccc1)(c1ccccc1)C(C)(C)C. The molecule has 3 aromatic rings. The van der Waals surface area contributed by atoms with Crippen LogP contribution in [0, 0.1) is 5.92 Å². The Morgan fingerprint density at radius 2 is 1.29 bits per heavy atom. The fourth-order valence-electron chi connectivity index (χ4n) is 4.83. The molecule has 3 rings (SSSR count). The van der Waals surface area contributed by atoms with E-state index in [1.165, 1.54) is 10.4 Å². The van der Waals surface area contributed by atoms with E-state index in [0.717, 1.165) is 23.1 Å². The molecule has 2 atom stereocenters. The van der Waals surface area contributed by atoms with Crippen molar-refractivity contribution in [1.29, 1.82) is 0 Å². The molecule has 0 aliphatic rings. The molecule has 0 amide bonds. The topological polar surface area (TPSA) is 29.5 Å². The number of benzene rings is 3. The van der Waals surface area contributed by atoms with Gasteiger partial charge in [0.15, 0.2) is 0 Å². The zero-order valence-electron chi connectivity index (χ0n) is 21.7. The Labute approximate surface area is 213 Å². The molecule has 0 fully saturated rings. The van der Waals surface area contributed by atoms with Gasteiger partial charge >= 0.3 is 0 Å². The summed E-state index contributed by atoms with van der Waals surface area (Å²) in [7, 11) is -2.54. The molecule has 0 saturated heterocycles. The molecule has 0 aliphatic carbocycles. The first kappa shape index (κ1) is 26.9. The van der Waals surface area contributed by atoms with Crippen molar-refractivity contribution in [1.82, 2.24) is 0 Å². The number of hydrogen-bond donors (Lipinski definition) is 1. The molecule has 0 spiro atoms. The van der Waals surface area contributed by atoms with Crippen LogP contribution in [0.25, 0.3) is 0 Å². The van der Waals surface area contributed by atoms with Gasteiger partial charge in [-0.25, -0.2) is 0 Å². The highest BCUT2D eigenvalue weighted by Crippen LogP contribution is 2.37. The highest BCUT2D eigenvalue weighted by atomic mass is 28.4. The number of aliphatic hydroxyl groups excluding tert-OH is 1. The van der Waals surface area contributed by atoms with Gasteiger partial charge in [0.1, 0.15) is 0 Å². The quantitative estimate of drug-likeness (QED) is 0.239. The van der Waals surface area contributed by atoms with Crippen LogP contribution in [0.15, 0.2) is 115 Å². The summed E-state index contributed by atoms with van der Waals surface area (Å²) in [5.41, 5.74) is 2.80. The lowest BCUT2D eigenvalue weighted by atomic mass is 9.89. The third kappa shape index (κ3) is 6.29. The van der Waals surface area contributed by atoms with Gasteiger partial charge in [-0.1, -0.05) is 132 Å². The molecule has 2 nitrogen and oxygen atoms in total. The second-order valence-corrected chi connectivity index (χ2v) is 14.8.